The molecule has 0 radical (unpaired) electrons. The number of piperidine rings is 2. The number of aliphatic hydroxyl groups excluding tert-OH is 1. The van der Waals surface area contributed by atoms with Crippen LogP contribution in [0.25, 0.3) is 0 Å². The highest BCUT2D eigenvalue weighted by Crippen LogP contribution is 2.34. The normalized spacial score (nSPS) is 22.8. The lowest BCUT2D eigenvalue weighted by Gasteiger charge is -2.37. The van der Waals surface area contributed by atoms with Gasteiger partial charge < -0.3 is 20.2 Å². The molecule has 1 aromatic carbocycles. The molecule has 1 aromatic rings. The van der Waals surface area contributed by atoms with Gasteiger partial charge in [0.25, 0.3) is 0 Å². The number of urea groups is 1. The molecule has 2 aliphatic heterocycles. The van der Waals surface area contributed by atoms with Gasteiger partial charge in [-0.1, -0.05) is 30.3 Å². The Bertz CT molecular complexity index is 650. The predicted molar refractivity (Wildman–Crippen MR) is 104 cm³/mol. The molecule has 3 rings (SSSR count). The van der Waals surface area contributed by atoms with Crippen LogP contribution >= 0.6 is 0 Å². The molecule has 2 saturated heterocycles. The molecular formula is C21H30N4O2. The Kier molecular flexibility index (Phi) is 6.70. The second-order valence-electron chi connectivity index (χ2n) is 7.73. The molecule has 0 saturated carbocycles. The van der Waals surface area contributed by atoms with Crippen LogP contribution in [0.15, 0.2) is 30.3 Å². The molecule has 2 fully saturated rings. The van der Waals surface area contributed by atoms with Crippen molar-refractivity contribution in [2.45, 2.75) is 43.6 Å². The molecule has 27 heavy (non-hydrogen) atoms. The van der Waals surface area contributed by atoms with E-state index in [0.717, 1.165) is 44.5 Å². The van der Waals surface area contributed by atoms with Crippen molar-refractivity contribution in [1.29, 1.82) is 5.26 Å². The molecular weight excluding hydrogens is 340 g/mol. The van der Waals surface area contributed by atoms with Gasteiger partial charge in [0.1, 0.15) is 0 Å². The van der Waals surface area contributed by atoms with Crippen LogP contribution in [0.1, 0.15) is 37.7 Å². The van der Waals surface area contributed by atoms with Crippen molar-refractivity contribution in [3.8, 4) is 6.07 Å². The van der Waals surface area contributed by atoms with E-state index < -0.39 is 5.41 Å². The smallest absolute Gasteiger partial charge is 0.317 e. The number of aliphatic hydroxyl groups is 1. The Labute approximate surface area is 161 Å². The second-order valence-corrected chi connectivity index (χ2v) is 7.73. The standard InChI is InChI=1S/C21H30N4O2/c22-17-21(18-6-2-1-3-7-18)9-14-25(15-10-21)20(27)23-11-5-13-24-12-4-8-19(26)16-24/h1-3,6-7,19,26H,4-5,8-16H2,(H,23,27)/t19-/m0/s1. The number of hydrogen-bond donors (Lipinski definition) is 2. The highest BCUT2D eigenvalue weighted by Gasteiger charge is 2.37. The van der Waals surface area contributed by atoms with E-state index in [4.69, 9.17) is 0 Å². The zero-order valence-corrected chi connectivity index (χ0v) is 15.9. The number of benzene rings is 1. The molecule has 0 aromatic heterocycles. The van der Waals surface area contributed by atoms with Gasteiger partial charge >= 0.3 is 6.03 Å². The molecule has 146 valence electrons. The molecule has 2 N–H and O–H groups in total. The number of nitrogens with zero attached hydrogens (tertiary/aromatic N) is 3. The first-order chi connectivity index (χ1) is 13.1. The maximum atomic E-state index is 12.4. The van der Waals surface area contributed by atoms with Crippen molar-refractivity contribution in [2.75, 3.05) is 39.3 Å². The van der Waals surface area contributed by atoms with E-state index in [1.165, 1.54) is 0 Å². The Morgan fingerprint density at radius 1 is 1.26 bits per heavy atom. The summed E-state index contributed by atoms with van der Waals surface area (Å²) in [5.41, 5.74) is 0.573. The summed E-state index contributed by atoms with van der Waals surface area (Å²) in [5, 5.41) is 22.4. The summed E-state index contributed by atoms with van der Waals surface area (Å²) in [6.07, 6.45) is 3.97. The summed E-state index contributed by atoms with van der Waals surface area (Å²) in [5.74, 6) is 0. The van der Waals surface area contributed by atoms with E-state index in [0.29, 0.717) is 32.5 Å². The van der Waals surface area contributed by atoms with Gasteiger partial charge in [0.2, 0.25) is 0 Å². The average Bonchev–Trinajstić information content (AvgIpc) is 2.72. The first kappa shape index (κ1) is 19.7. The van der Waals surface area contributed by atoms with Gasteiger partial charge in [0.15, 0.2) is 0 Å². The van der Waals surface area contributed by atoms with Crippen LogP contribution in [0.4, 0.5) is 4.79 Å². The van der Waals surface area contributed by atoms with Gasteiger partial charge in [-0.15, -0.1) is 0 Å². The molecule has 2 amide bonds. The van der Waals surface area contributed by atoms with Crippen molar-refractivity contribution in [2.24, 2.45) is 0 Å². The lowest BCUT2D eigenvalue weighted by molar-refractivity contribution is 0.0701. The molecule has 6 nitrogen and oxygen atoms in total. The zero-order chi connectivity index (χ0) is 19.1. The third kappa shape index (κ3) is 5.00. The van der Waals surface area contributed by atoms with Gasteiger partial charge in [0.05, 0.1) is 17.6 Å². The zero-order valence-electron chi connectivity index (χ0n) is 15.9. The Balaban J connectivity index is 1.40. The minimum atomic E-state index is -0.479. The van der Waals surface area contributed by atoms with Crippen molar-refractivity contribution in [1.82, 2.24) is 15.1 Å². The maximum absolute atomic E-state index is 12.4. The van der Waals surface area contributed by atoms with Gasteiger partial charge in [-0.05, 0) is 50.8 Å². The van der Waals surface area contributed by atoms with Gasteiger partial charge in [-0.3, -0.25) is 0 Å². The number of hydrogen-bond acceptors (Lipinski definition) is 4. The fraction of sp³-hybridized carbons (Fsp3) is 0.619. The van der Waals surface area contributed by atoms with Crippen molar-refractivity contribution in [3.05, 3.63) is 35.9 Å². The monoisotopic (exact) mass is 370 g/mol. The number of carbonyl (C=O) groups excluding carboxylic acids is 1. The number of β-amino-alcohol motifs (C(OH)–C–C–N with tert-alkyl or cyclic N) is 1. The molecule has 2 heterocycles. The Morgan fingerprint density at radius 3 is 2.67 bits per heavy atom. The largest absolute Gasteiger partial charge is 0.392 e. The summed E-state index contributed by atoms with van der Waals surface area (Å²) < 4.78 is 0. The Morgan fingerprint density at radius 2 is 2.00 bits per heavy atom. The van der Waals surface area contributed by atoms with Crippen LogP contribution in [0.5, 0.6) is 0 Å². The quantitative estimate of drug-likeness (QED) is 0.778. The summed E-state index contributed by atoms with van der Waals surface area (Å²) in [6.45, 7) is 4.54. The van der Waals surface area contributed by atoms with Gasteiger partial charge in [-0.2, -0.15) is 5.26 Å². The lowest BCUT2D eigenvalue weighted by Crippen LogP contribution is -2.48. The summed E-state index contributed by atoms with van der Waals surface area (Å²) in [4.78, 5) is 16.5. The maximum Gasteiger partial charge on any atom is 0.317 e. The molecule has 0 spiro atoms. The molecule has 1 atom stereocenters. The highest BCUT2D eigenvalue weighted by molar-refractivity contribution is 5.74. The summed E-state index contributed by atoms with van der Waals surface area (Å²) in [6, 6.07) is 12.4. The predicted octanol–water partition coefficient (Wildman–Crippen LogP) is 2.10. The van der Waals surface area contributed by atoms with Crippen LogP contribution in [-0.2, 0) is 5.41 Å². The molecule has 0 aliphatic carbocycles. The molecule has 0 bridgehead atoms. The van der Waals surface area contributed by atoms with Crippen LogP contribution in [0.3, 0.4) is 0 Å². The molecule has 0 unspecified atom stereocenters. The van der Waals surface area contributed by atoms with E-state index in [-0.39, 0.29) is 12.1 Å². The molecule has 6 heteroatoms. The highest BCUT2D eigenvalue weighted by atomic mass is 16.3. The van der Waals surface area contributed by atoms with Crippen molar-refractivity contribution in [3.63, 3.8) is 0 Å². The first-order valence-electron chi connectivity index (χ1n) is 10.0. The van der Waals surface area contributed by atoms with E-state index in [1.807, 2.05) is 35.2 Å². The van der Waals surface area contributed by atoms with Crippen LogP contribution in [0, 0.1) is 11.3 Å². The summed E-state index contributed by atoms with van der Waals surface area (Å²) in [7, 11) is 0. The van der Waals surface area contributed by atoms with Crippen LogP contribution in [-0.4, -0.2) is 66.3 Å². The fourth-order valence-corrected chi connectivity index (χ4v) is 4.16. The fourth-order valence-electron chi connectivity index (χ4n) is 4.16. The Hall–Kier alpha value is -2.10. The third-order valence-electron chi connectivity index (χ3n) is 5.85. The number of nitrogens with one attached hydrogen (secondary N) is 1. The second kappa shape index (κ2) is 9.20. The van der Waals surface area contributed by atoms with E-state index in [2.05, 4.69) is 16.3 Å². The lowest BCUT2D eigenvalue weighted by atomic mass is 9.74. The number of rotatable bonds is 5. The van der Waals surface area contributed by atoms with Gasteiger partial charge in [0, 0.05) is 26.2 Å². The minimum Gasteiger partial charge on any atom is -0.392 e. The minimum absolute atomic E-state index is 0.0340. The number of nitriles is 1. The number of carbonyl (C=O) groups is 1. The molecule has 2 aliphatic rings. The third-order valence-corrected chi connectivity index (χ3v) is 5.85. The average molecular weight is 370 g/mol. The van der Waals surface area contributed by atoms with E-state index in [9.17, 15) is 15.2 Å². The van der Waals surface area contributed by atoms with Crippen LogP contribution < -0.4 is 5.32 Å². The van der Waals surface area contributed by atoms with Crippen LogP contribution in [0.2, 0.25) is 0 Å². The van der Waals surface area contributed by atoms with Crippen molar-refractivity contribution >= 4 is 6.03 Å². The topological polar surface area (TPSA) is 79.6 Å². The number of likely N-dealkylation sites (tertiary alicyclic amines) is 2. The van der Waals surface area contributed by atoms with Crippen molar-refractivity contribution < 1.29 is 9.90 Å². The summed E-state index contributed by atoms with van der Waals surface area (Å²) >= 11 is 0. The number of amides is 2. The van der Waals surface area contributed by atoms with E-state index in [1.54, 1.807) is 0 Å². The SMILES string of the molecule is N#CC1(c2ccccc2)CCN(C(=O)NCCCN2CCC[C@H](O)C2)CC1. The van der Waals surface area contributed by atoms with Gasteiger partial charge in [-0.25, -0.2) is 4.79 Å². The first-order valence-corrected chi connectivity index (χ1v) is 10.0. The van der Waals surface area contributed by atoms with E-state index >= 15 is 0 Å².